The average Bonchev–Trinajstić information content (AvgIpc) is 2.53. The molecular formula is C20H13. The lowest BCUT2D eigenvalue weighted by atomic mass is 9.92. The van der Waals surface area contributed by atoms with E-state index in [4.69, 9.17) is 0 Å². The Morgan fingerprint density at radius 2 is 1.40 bits per heavy atom. The van der Waals surface area contributed by atoms with Gasteiger partial charge in [-0.2, -0.15) is 0 Å². The first kappa shape index (κ1) is 11.2. The summed E-state index contributed by atoms with van der Waals surface area (Å²) in [7, 11) is 0. The number of benzene rings is 4. The summed E-state index contributed by atoms with van der Waals surface area (Å²) in [5.41, 5.74) is 2.52. The van der Waals surface area contributed by atoms with Gasteiger partial charge in [0.2, 0.25) is 0 Å². The molecule has 4 aromatic rings. The highest BCUT2D eigenvalue weighted by Gasteiger charge is 2.08. The van der Waals surface area contributed by atoms with Crippen LogP contribution in [0.4, 0.5) is 0 Å². The van der Waals surface area contributed by atoms with Gasteiger partial charge < -0.3 is 0 Å². The van der Waals surface area contributed by atoms with Gasteiger partial charge in [-0.25, -0.2) is 0 Å². The minimum Gasteiger partial charge on any atom is -0.0622 e. The van der Waals surface area contributed by atoms with Gasteiger partial charge in [-0.1, -0.05) is 72.8 Å². The fourth-order valence-corrected chi connectivity index (χ4v) is 2.84. The lowest BCUT2D eigenvalue weighted by Gasteiger charge is -2.11. The normalized spacial score (nSPS) is 11.0. The zero-order valence-corrected chi connectivity index (χ0v) is 11.0. The maximum atomic E-state index is 3.41. The second-order valence-corrected chi connectivity index (χ2v) is 4.97. The molecule has 0 amide bonds. The van der Waals surface area contributed by atoms with E-state index >= 15 is 0 Å². The standard InChI is InChI=1S/C20H13/c1-2-8-15(9-3-1)20-18-12-6-4-10-16(18)14-17-11-5-7-13-19(17)20/h1-12,14H. The SMILES string of the molecule is [c]1cccc2cc3ccccc3c(-c3ccccc3)c12. The summed E-state index contributed by atoms with van der Waals surface area (Å²) >= 11 is 0. The molecule has 0 heteroatoms. The van der Waals surface area contributed by atoms with E-state index in [-0.39, 0.29) is 0 Å². The molecule has 0 spiro atoms. The molecule has 0 saturated heterocycles. The molecule has 93 valence electrons. The van der Waals surface area contributed by atoms with Crippen molar-refractivity contribution in [1.82, 2.24) is 0 Å². The molecule has 0 aliphatic carbocycles. The van der Waals surface area contributed by atoms with E-state index in [1.165, 1.54) is 32.7 Å². The predicted octanol–water partition coefficient (Wildman–Crippen LogP) is 5.46. The number of rotatable bonds is 1. The summed E-state index contributed by atoms with van der Waals surface area (Å²) in [6.07, 6.45) is 0. The van der Waals surface area contributed by atoms with Gasteiger partial charge in [0.1, 0.15) is 0 Å². The smallest absolute Gasteiger partial charge is 0.00201 e. The van der Waals surface area contributed by atoms with Crippen LogP contribution in [0.3, 0.4) is 0 Å². The molecule has 0 aliphatic rings. The third kappa shape index (κ3) is 1.70. The first-order valence-electron chi connectivity index (χ1n) is 6.81. The van der Waals surface area contributed by atoms with E-state index < -0.39 is 0 Å². The zero-order chi connectivity index (χ0) is 13.4. The Labute approximate surface area is 118 Å². The molecule has 0 unspecified atom stereocenters. The van der Waals surface area contributed by atoms with E-state index in [1.807, 2.05) is 12.1 Å². The summed E-state index contributed by atoms with van der Waals surface area (Å²) in [4.78, 5) is 0. The molecule has 0 nitrogen and oxygen atoms in total. The quantitative estimate of drug-likeness (QED) is 0.395. The van der Waals surface area contributed by atoms with Crippen molar-refractivity contribution in [1.29, 1.82) is 0 Å². The Hall–Kier alpha value is -2.60. The van der Waals surface area contributed by atoms with E-state index in [1.54, 1.807) is 0 Å². The van der Waals surface area contributed by atoms with Crippen molar-refractivity contribution in [3.63, 3.8) is 0 Å². The molecule has 0 N–H and O–H groups in total. The van der Waals surface area contributed by atoms with E-state index in [9.17, 15) is 0 Å². The monoisotopic (exact) mass is 253 g/mol. The first-order valence-corrected chi connectivity index (χ1v) is 6.81. The Kier molecular flexibility index (Phi) is 2.53. The summed E-state index contributed by atoms with van der Waals surface area (Å²) in [5, 5.41) is 4.99. The summed E-state index contributed by atoms with van der Waals surface area (Å²) in [6, 6.07) is 31.0. The highest BCUT2D eigenvalue weighted by molar-refractivity contribution is 6.12. The van der Waals surface area contributed by atoms with Crippen LogP contribution in [-0.2, 0) is 0 Å². The highest BCUT2D eigenvalue weighted by atomic mass is 14.1. The average molecular weight is 253 g/mol. The molecule has 0 saturated carbocycles. The van der Waals surface area contributed by atoms with Crippen LogP contribution in [-0.4, -0.2) is 0 Å². The van der Waals surface area contributed by atoms with Crippen molar-refractivity contribution >= 4 is 21.5 Å². The van der Waals surface area contributed by atoms with E-state index in [2.05, 4.69) is 72.8 Å². The molecule has 0 bridgehead atoms. The van der Waals surface area contributed by atoms with Crippen LogP contribution in [0.1, 0.15) is 0 Å². The Morgan fingerprint density at radius 1 is 0.650 bits per heavy atom. The van der Waals surface area contributed by atoms with Crippen molar-refractivity contribution in [3.8, 4) is 11.1 Å². The van der Waals surface area contributed by atoms with Gasteiger partial charge in [0.15, 0.2) is 0 Å². The minimum atomic E-state index is 1.19. The molecular weight excluding hydrogens is 240 g/mol. The topological polar surface area (TPSA) is 0 Å². The minimum absolute atomic E-state index is 1.19. The second kappa shape index (κ2) is 4.50. The molecule has 20 heavy (non-hydrogen) atoms. The summed E-state index contributed by atoms with van der Waals surface area (Å²) in [6.45, 7) is 0. The van der Waals surface area contributed by atoms with E-state index in [0.717, 1.165) is 0 Å². The number of fused-ring (bicyclic) bond motifs is 2. The van der Waals surface area contributed by atoms with Crippen LogP contribution in [0, 0.1) is 6.07 Å². The summed E-state index contributed by atoms with van der Waals surface area (Å²) in [5.74, 6) is 0. The first-order chi connectivity index (χ1) is 9.93. The summed E-state index contributed by atoms with van der Waals surface area (Å²) < 4.78 is 0. The van der Waals surface area contributed by atoms with Crippen LogP contribution >= 0.6 is 0 Å². The third-order valence-electron chi connectivity index (χ3n) is 3.74. The third-order valence-corrected chi connectivity index (χ3v) is 3.74. The predicted molar refractivity (Wildman–Crippen MR) is 85.7 cm³/mol. The fraction of sp³-hybridized carbons (Fsp3) is 0. The van der Waals surface area contributed by atoms with Crippen molar-refractivity contribution in [3.05, 3.63) is 84.9 Å². The lowest BCUT2D eigenvalue weighted by Crippen LogP contribution is -1.85. The molecule has 0 aromatic heterocycles. The van der Waals surface area contributed by atoms with Crippen LogP contribution in [0.5, 0.6) is 0 Å². The van der Waals surface area contributed by atoms with Gasteiger partial charge in [0.25, 0.3) is 0 Å². The molecule has 4 aromatic carbocycles. The van der Waals surface area contributed by atoms with Crippen molar-refractivity contribution in [2.24, 2.45) is 0 Å². The fourth-order valence-electron chi connectivity index (χ4n) is 2.84. The van der Waals surface area contributed by atoms with Gasteiger partial charge in [-0.15, -0.1) is 0 Å². The van der Waals surface area contributed by atoms with Crippen LogP contribution in [0.25, 0.3) is 32.7 Å². The maximum Gasteiger partial charge on any atom is -0.00201 e. The van der Waals surface area contributed by atoms with Gasteiger partial charge >= 0.3 is 0 Å². The molecule has 4 rings (SSSR count). The number of hydrogen-bond acceptors (Lipinski definition) is 0. The van der Waals surface area contributed by atoms with Gasteiger partial charge in [-0.3, -0.25) is 0 Å². The van der Waals surface area contributed by atoms with Gasteiger partial charge in [-0.05, 0) is 44.8 Å². The maximum absolute atomic E-state index is 3.41. The van der Waals surface area contributed by atoms with Gasteiger partial charge in [0, 0.05) is 0 Å². The lowest BCUT2D eigenvalue weighted by molar-refractivity contribution is 1.67. The Bertz CT molecular complexity index is 835. The highest BCUT2D eigenvalue weighted by Crippen LogP contribution is 2.35. The van der Waals surface area contributed by atoms with Crippen LogP contribution in [0.15, 0.2) is 78.9 Å². The second-order valence-electron chi connectivity index (χ2n) is 4.97. The van der Waals surface area contributed by atoms with E-state index in [0.29, 0.717) is 0 Å². The number of hydrogen-bond donors (Lipinski definition) is 0. The molecule has 0 fully saturated rings. The van der Waals surface area contributed by atoms with Gasteiger partial charge in [0.05, 0.1) is 0 Å². The van der Waals surface area contributed by atoms with Crippen LogP contribution in [0.2, 0.25) is 0 Å². The largest absolute Gasteiger partial charge is 0.0622 e. The molecule has 0 heterocycles. The zero-order valence-electron chi connectivity index (χ0n) is 11.0. The van der Waals surface area contributed by atoms with Crippen molar-refractivity contribution in [2.45, 2.75) is 0 Å². The Morgan fingerprint density at radius 3 is 2.30 bits per heavy atom. The molecule has 0 aliphatic heterocycles. The molecule has 1 radical (unpaired) electrons. The van der Waals surface area contributed by atoms with Crippen molar-refractivity contribution < 1.29 is 0 Å². The van der Waals surface area contributed by atoms with Crippen LogP contribution < -0.4 is 0 Å². The van der Waals surface area contributed by atoms with Crippen molar-refractivity contribution in [2.75, 3.05) is 0 Å². The Balaban J connectivity index is 2.24. The molecule has 0 atom stereocenters.